The van der Waals surface area contributed by atoms with Gasteiger partial charge in [-0.15, -0.1) is 0 Å². The summed E-state index contributed by atoms with van der Waals surface area (Å²) in [4.78, 5) is 35.2. The number of hydrogen-bond acceptors (Lipinski definition) is 5. The zero-order chi connectivity index (χ0) is 19.1. The second kappa shape index (κ2) is 8.66. The maximum Gasteiger partial charge on any atom is 0.337 e. The Morgan fingerprint density at radius 2 is 1.46 bits per heavy atom. The van der Waals surface area contributed by atoms with Gasteiger partial charge < -0.3 is 9.47 Å². The molecular formula is C19H20N2O5. The van der Waals surface area contributed by atoms with Gasteiger partial charge in [-0.1, -0.05) is 18.2 Å². The van der Waals surface area contributed by atoms with Gasteiger partial charge in [0.2, 0.25) is 0 Å². The average molecular weight is 356 g/mol. The van der Waals surface area contributed by atoms with Crippen LogP contribution in [-0.4, -0.2) is 31.5 Å². The molecule has 0 spiro atoms. The summed E-state index contributed by atoms with van der Waals surface area (Å²) in [6.07, 6.45) is 0. The first-order valence-electron chi connectivity index (χ1n) is 7.89. The number of hydrazine groups is 1. The van der Waals surface area contributed by atoms with Gasteiger partial charge in [0.05, 0.1) is 12.7 Å². The molecule has 7 nitrogen and oxygen atoms in total. The van der Waals surface area contributed by atoms with Crippen molar-refractivity contribution in [3.8, 4) is 5.75 Å². The van der Waals surface area contributed by atoms with E-state index in [1.807, 2.05) is 32.0 Å². The molecule has 2 amide bonds. The summed E-state index contributed by atoms with van der Waals surface area (Å²) in [6, 6.07) is 11.5. The van der Waals surface area contributed by atoms with E-state index < -0.39 is 17.8 Å². The van der Waals surface area contributed by atoms with Crippen molar-refractivity contribution < 1.29 is 23.9 Å². The molecule has 7 heteroatoms. The average Bonchev–Trinajstić information content (AvgIpc) is 2.65. The fourth-order valence-corrected chi connectivity index (χ4v) is 2.27. The van der Waals surface area contributed by atoms with E-state index in [-0.39, 0.29) is 12.2 Å². The Hall–Kier alpha value is -3.35. The van der Waals surface area contributed by atoms with E-state index in [0.717, 1.165) is 11.1 Å². The number of esters is 1. The van der Waals surface area contributed by atoms with E-state index in [0.29, 0.717) is 11.3 Å². The molecule has 0 saturated carbocycles. The topological polar surface area (TPSA) is 93.7 Å². The van der Waals surface area contributed by atoms with Crippen LogP contribution in [0, 0.1) is 13.8 Å². The van der Waals surface area contributed by atoms with Crippen LogP contribution < -0.4 is 15.6 Å². The maximum atomic E-state index is 12.0. The predicted octanol–water partition coefficient (Wildman–Crippen LogP) is 1.93. The molecule has 2 aromatic carbocycles. The van der Waals surface area contributed by atoms with Crippen molar-refractivity contribution in [3.63, 3.8) is 0 Å². The minimum atomic E-state index is -0.512. The number of carbonyl (C=O) groups is 3. The molecule has 0 aromatic heterocycles. The number of amides is 2. The number of methoxy groups -OCH3 is 1. The zero-order valence-electron chi connectivity index (χ0n) is 14.8. The lowest BCUT2D eigenvalue weighted by Crippen LogP contribution is -2.43. The lowest BCUT2D eigenvalue weighted by molar-refractivity contribution is -0.123. The highest BCUT2D eigenvalue weighted by atomic mass is 16.5. The van der Waals surface area contributed by atoms with Crippen LogP contribution in [0.15, 0.2) is 42.5 Å². The Kier molecular flexibility index (Phi) is 6.32. The third-order valence-corrected chi connectivity index (χ3v) is 3.64. The van der Waals surface area contributed by atoms with Crippen molar-refractivity contribution >= 4 is 17.8 Å². The fraction of sp³-hybridized carbons (Fsp3) is 0.211. The number of ether oxygens (including phenoxy) is 2. The van der Waals surface area contributed by atoms with Crippen molar-refractivity contribution in [1.82, 2.24) is 10.9 Å². The van der Waals surface area contributed by atoms with E-state index in [1.165, 1.54) is 31.4 Å². The first-order valence-corrected chi connectivity index (χ1v) is 7.89. The van der Waals surface area contributed by atoms with Crippen molar-refractivity contribution in [3.05, 3.63) is 64.7 Å². The van der Waals surface area contributed by atoms with Gasteiger partial charge in [0, 0.05) is 5.56 Å². The molecule has 0 aliphatic heterocycles. The number of benzene rings is 2. The van der Waals surface area contributed by atoms with E-state index >= 15 is 0 Å². The SMILES string of the molecule is COC(=O)c1ccc(C(=O)NNC(=O)COc2c(C)cccc2C)cc1. The van der Waals surface area contributed by atoms with Crippen LogP contribution in [0.25, 0.3) is 0 Å². The fourth-order valence-electron chi connectivity index (χ4n) is 2.27. The van der Waals surface area contributed by atoms with Crippen molar-refractivity contribution in [2.24, 2.45) is 0 Å². The van der Waals surface area contributed by atoms with Gasteiger partial charge in [-0.3, -0.25) is 20.4 Å². The first kappa shape index (κ1) is 19.0. The third-order valence-electron chi connectivity index (χ3n) is 3.64. The van der Waals surface area contributed by atoms with E-state index in [9.17, 15) is 14.4 Å². The lowest BCUT2D eigenvalue weighted by atomic mass is 10.1. The highest BCUT2D eigenvalue weighted by Gasteiger charge is 2.11. The molecular weight excluding hydrogens is 336 g/mol. The number of rotatable bonds is 5. The molecule has 0 aliphatic rings. The third kappa shape index (κ3) is 4.83. The van der Waals surface area contributed by atoms with E-state index in [1.54, 1.807) is 0 Å². The summed E-state index contributed by atoms with van der Waals surface area (Å²) in [7, 11) is 1.28. The summed E-state index contributed by atoms with van der Waals surface area (Å²) in [5.41, 5.74) is 7.04. The minimum Gasteiger partial charge on any atom is -0.483 e. The van der Waals surface area contributed by atoms with Crippen molar-refractivity contribution in [1.29, 1.82) is 0 Å². The molecule has 2 N–H and O–H groups in total. The van der Waals surface area contributed by atoms with Crippen LogP contribution in [0.1, 0.15) is 31.8 Å². The lowest BCUT2D eigenvalue weighted by Gasteiger charge is -2.12. The quantitative estimate of drug-likeness (QED) is 0.631. The van der Waals surface area contributed by atoms with Crippen molar-refractivity contribution in [2.45, 2.75) is 13.8 Å². The standard InChI is InChI=1S/C19H20N2O5/c1-12-5-4-6-13(2)17(12)26-11-16(22)20-21-18(23)14-7-9-15(10-8-14)19(24)25-3/h4-10H,11H2,1-3H3,(H,20,22)(H,21,23). The zero-order valence-corrected chi connectivity index (χ0v) is 14.8. The molecule has 2 rings (SSSR count). The van der Waals surface area contributed by atoms with Crippen LogP contribution in [-0.2, 0) is 9.53 Å². The van der Waals surface area contributed by atoms with E-state index in [4.69, 9.17) is 4.74 Å². The normalized spacial score (nSPS) is 9.96. The van der Waals surface area contributed by atoms with Crippen LogP contribution in [0.4, 0.5) is 0 Å². The van der Waals surface area contributed by atoms with Gasteiger partial charge in [-0.25, -0.2) is 4.79 Å². The first-order chi connectivity index (χ1) is 12.4. The monoisotopic (exact) mass is 356 g/mol. The van der Waals surface area contributed by atoms with Crippen LogP contribution in [0.3, 0.4) is 0 Å². The number of hydrogen-bond donors (Lipinski definition) is 2. The van der Waals surface area contributed by atoms with Gasteiger partial charge >= 0.3 is 5.97 Å². The molecule has 26 heavy (non-hydrogen) atoms. The summed E-state index contributed by atoms with van der Waals surface area (Å²) >= 11 is 0. The smallest absolute Gasteiger partial charge is 0.337 e. The molecule has 136 valence electrons. The van der Waals surface area contributed by atoms with Gasteiger partial charge in [0.15, 0.2) is 6.61 Å². The summed E-state index contributed by atoms with van der Waals surface area (Å²) in [5, 5.41) is 0. The molecule has 0 fully saturated rings. The molecule has 0 saturated heterocycles. The Morgan fingerprint density at radius 1 is 0.885 bits per heavy atom. The summed E-state index contributed by atoms with van der Waals surface area (Å²) in [5.74, 6) is -0.852. The molecule has 0 atom stereocenters. The molecule has 0 unspecified atom stereocenters. The largest absolute Gasteiger partial charge is 0.483 e. The summed E-state index contributed by atoms with van der Waals surface area (Å²) in [6.45, 7) is 3.55. The second-order valence-electron chi connectivity index (χ2n) is 5.58. The molecule has 0 heterocycles. The number of aryl methyl sites for hydroxylation is 2. The number of para-hydroxylation sites is 1. The van der Waals surface area contributed by atoms with Gasteiger partial charge in [-0.05, 0) is 49.2 Å². The Balaban J connectivity index is 1.85. The molecule has 0 bridgehead atoms. The Morgan fingerprint density at radius 3 is 2.04 bits per heavy atom. The maximum absolute atomic E-state index is 12.0. The van der Waals surface area contributed by atoms with Crippen LogP contribution >= 0.6 is 0 Å². The summed E-state index contributed by atoms with van der Waals surface area (Å²) < 4.78 is 10.1. The van der Waals surface area contributed by atoms with Gasteiger partial charge in [0.25, 0.3) is 11.8 Å². The van der Waals surface area contributed by atoms with Crippen LogP contribution in [0.2, 0.25) is 0 Å². The Bertz CT molecular complexity index is 795. The number of nitrogens with one attached hydrogen (secondary N) is 2. The highest BCUT2D eigenvalue weighted by molar-refractivity contribution is 5.97. The van der Waals surface area contributed by atoms with Gasteiger partial charge in [-0.2, -0.15) is 0 Å². The van der Waals surface area contributed by atoms with Gasteiger partial charge in [0.1, 0.15) is 5.75 Å². The number of carbonyl (C=O) groups excluding carboxylic acids is 3. The van der Waals surface area contributed by atoms with Crippen LogP contribution in [0.5, 0.6) is 5.75 Å². The van der Waals surface area contributed by atoms with E-state index in [2.05, 4.69) is 15.6 Å². The molecule has 0 radical (unpaired) electrons. The minimum absolute atomic E-state index is 0.229. The molecule has 2 aromatic rings. The Labute approximate surface area is 151 Å². The predicted molar refractivity (Wildman–Crippen MR) is 94.8 cm³/mol. The molecule has 0 aliphatic carbocycles. The van der Waals surface area contributed by atoms with Crippen molar-refractivity contribution in [2.75, 3.05) is 13.7 Å². The second-order valence-corrected chi connectivity index (χ2v) is 5.58. The highest BCUT2D eigenvalue weighted by Crippen LogP contribution is 2.21.